The number of carboxylic acids is 1. The zero-order valence-corrected chi connectivity index (χ0v) is 54.6. The molecule has 0 spiro atoms. The van der Waals surface area contributed by atoms with Crippen LogP contribution in [0.4, 0.5) is 0 Å². The maximum atomic E-state index is 14.6. The third-order valence-corrected chi connectivity index (χ3v) is 14.3. The van der Waals surface area contributed by atoms with Gasteiger partial charge >= 0.3 is 5.97 Å². The molecule has 0 saturated carbocycles. The van der Waals surface area contributed by atoms with Crippen LogP contribution in [0.1, 0.15) is 110 Å². The Hall–Kier alpha value is -9.10. The maximum Gasteiger partial charge on any atom is 0.326 e. The van der Waals surface area contributed by atoms with Gasteiger partial charge in [0.1, 0.15) is 60.4 Å². The number of rotatable bonds is 47. The largest absolute Gasteiger partial charge is 0.480 e. The van der Waals surface area contributed by atoms with E-state index in [0.29, 0.717) is 12.0 Å². The van der Waals surface area contributed by atoms with Gasteiger partial charge in [-0.2, -0.15) is 12.6 Å². The van der Waals surface area contributed by atoms with E-state index in [4.69, 9.17) is 51.6 Å². The molecule has 11 amide bonds. The molecule has 0 aliphatic heterocycles. The van der Waals surface area contributed by atoms with Crippen LogP contribution >= 0.6 is 12.6 Å². The number of nitrogens with one attached hydrogen (secondary N) is 10. The number of amides is 11. The lowest BCUT2D eigenvalue weighted by Gasteiger charge is -2.28. The van der Waals surface area contributed by atoms with E-state index in [-0.39, 0.29) is 126 Å². The van der Waals surface area contributed by atoms with Crippen molar-refractivity contribution in [2.45, 2.75) is 172 Å². The summed E-state index contributed by atoms with van der Waals surface area (Å²) in [6.45, 7) is 5.23. The minimum Gasteiger partial charge on any atom is -0.480 e. The Bertz CT molecular complexity index is 2730. The van der Waals surface area contributed by atoms with Gasteiger partial charge in [0.15, 0.2) is 17.9 Å². The monoisotopic (exact) mass is 1350 g/mol. The molecule has 0 saturated heterocycles. The topological polar surface area (TPSA) is 637 Å². The molecule has 0 radical (unpaired) electrons. The molecule has 37 heteroatoms. The van der Waals surface area contributed by atoms with Crippen LogP contribution in [0.2, 0.25) is 0 Å². The summed E-state index contributed by atoms with van der Waals surface area (Å²) in [6.07, 6.45) is -0.769. The van der Waals surface area contributed by atoms with E-state index >= 15 is 0 Å². The third kappa shape index (κ3) is 34.0. The fourth-order valence-corrected chi connectivity index (χ4v) is 9.24. The normalized spacial score (nSPS) is 14.1. The van der Waals surface area contributed by atoms with Gasteiger partial charge in [-0.25, -0.2) is 4.79 Å². The number of aliphatic carboxylic acids is 1. The molecule has 10 atom stereocenters. The van der Waals surface area contributed by atoms with Gasteiger partial charge in [0.05, 0.1) is 13.2 Å². The van der Waals surface area contributed by atoms with Crippen molar-refractivity contribution in [3.8, 4) is 0 Å². The fraction of sp³-hybridized carbons (Fsp3) is 0.632. The van der Waals surface area contributed by atoms with Crippen LogP contribution in [-0.4, -0.2) is 205 Å². The molecule has 0 aliphatic rings. The van der Waals surface area contributed by atoms with Crippen LogP contribution in [0.15, 0.2) is 45.3 Å². The van der Waals surface area contributed by atoms with Crippen LogP contribution in [0.3, 0.4) is 0 Å². The van der Waals surface area contributed by atoms with Gasteiger partial charge in [-0.05, 0) is 94.6 Å². The standard InChI is InChI=1S/C57H100N22O14S/c1-30(2)25-38(75-51(89)40(28-80)77-49(87)37(19-20-42(60)81)74-53(91)44(31(3)4)79-43(82)27-59)50(88)73-33(15-8-9-21-58)45(83)70-34(16-10-22-67-55(61)62)46(84)71-35(17-11-23-68-56(63)64)47(85)72-36(18-12-24-69-57(65)66)48(86)78-41(29-94)52(90)76-39(54(92)93)26-32-13-6-5-7-14-32/h5-7,13-14,30-31,33-41,44,80,94H,8-12,15-29,58-59H2,1-4H3,(H2,60,81)(H,70,83)(H,71,84)(H,72,85)(H,73,88)(H,74,91)(H,75,89)(H,76,90)(H,77,87)(H,78,86)(H,79,82)(H,92,93)(H4,61,62,67)(H4,63,64,68)(H4,65,66,69)/t33-,34-,35-,36-,37-,38-,39-,40-,41-,44-/m0/s1. The summed E-state index contributed by atoms with van der Waals surface area (Å²) >= 11 is 4.23. The number of aliphatic hydroxyl groups is 1. The zero-order chi connectivity index (χ0) is 71.0. The minimum absolute atomic E-state index is 0.0188. The number of carbonyl (C=O) groups is 12. The van der Waals surface area contributed by atoms with E-state index in [1.54, 1.807) is 58.0 Å². The quantitative estimate of drug-likeness (QED) is 0.0125. The molecule has 0 aliphatic carbocycles. The maximum absolute atomic E-state index is 14.6. The number of hydrogen-bond donors (Lipinski definition) is 22. The third-order valence-electron chi connectivity index (χ3n) is 13.9. The van der Waals surface area contributed by atoms with E-state index in [2.05, 4.69) is 80.8 Å². The molecule has 36 nitrogen and oxygen atoms in total. The molecule has 0 fully saturated rings. The lowest BCUT2D eigenvalue weighted by Crippen LogP contribution is -2.61. The minimum atomic E-state index is -1.77. The highest BCUT2D eigenvalue weighted by Gasteiger charge is 2.36. The van der Waals surface area contributed by atoms with Gasteiger partial charge in [-0.1, -0.05) is 58.0 Å². The van der Waals surface area contributed by atoms with E-state index in [1.165, 1.54) is 0 Å². The Morgan fingerprint density at radius 2 is 0.819 bits per heavy atom. The summed E-state index contributed by atoms with van der Waals surface area (Å²) in [5, 5.41) is 45.6. The van der Waals surface area contributed by atoms with Gasteiger partial charge in [0, 0.05) is 38.2 Å². The van der Waals surface area contributed by atoms with Crippen molar-refractivity contribution in [2.75, 3.05) is 45.1 Å². The molecular weight excluding hydrogens is 1250 g/mol. The number of thiol groups is 1. The lowest BCUT2D eigenvalue weighted by atomic mass is 10.0. The molecule has 528 valence electrons. The average molecular weight is 1350 g/mol. The van der Waals surface area contributed by atoms with Crippen molar-refractivity contribution >= 4 is 101 Å². The van der Waals surface area contributed by atoms with E-state index in [0.717, 1.165) is 0 Å². The molecule has 30 N–H and O–H groups in total. The fourth-order valence-electron chi connectivity index (χ4n) is 8.98. The Morgan fingerprint density at radius 3 is 1.19 bits per heavy atom. The summed E-state index contributed by atoms with van der Waals surface area (Å²) < 4.78 is 0. The van der Waals surface area contributed by atoms with Gasteiger partial charge < -0.3 is 115 Å². The molecule has 94 heavy (non-hydrogen) atoms. The van der Waals surface area contributed by atoms with Crippen molar-refractivity contribution in [1.82, 2.24) is 53.2 Å². The highest BCUT2D eigenvalue weighted by molar-refractivity contribution is 7.80. The molecule has 1 rings (SSSR count). The van der Waals surface area contributed by atoms with Crippen LogP contribution in [0, 0.1) is 11.8 Å². The number of unbranched alkanes of at least 4 members (excludes halogenated alkanes) is 1. The predicted octanol–water partition coefficient (Wildman–Crippen LogP) is -7.70. The number of nitrogens with zero attached hydrogens (tertiary/aromatic N) is 3. The smallest absolute Gasteiger partial charge is 0.326 e. The van der Waals surface area contributed by atoms with E-state index < -0.39 is 157 Å². The Kier molecular flexibility index (Phi) is 39.9. The number of benzene rings is 1. The Morgan fingerprint density at radius 1 is 0.457 bits per heavy atom. The summed E-state index contributed by atoms with van der Waals surface area (Å²) in [5.74, 6) is -13.4. The van der Waals surface area contributed by atoms with Crippen LogP contribution in [0.25, 0.3) is 0 Å². The van der Waals surface area contributed by atoms with Gasteiger partial charge in [-0.3, -0.25) is 67.7 Å². The molecular formula is C57H100N22O14S. The van der Waals surface area contributed by atoms with Crippen molar-refractivity contribution in [3.05, 3.63) is 35.9 Å². The number of guanidine groups is 3. The van der Waals surface area contributed by atoms with Crippen LogP contribution in [-0.2, 0) is 64.0 Å². The van der Waals surface area contributed by atoms with Crippen LogP contribution in [0.5, 0.6) is 0 Å². The van der Waals surface area contributed by atoms with E-state index in [9.17, 15) is 67.7 Å². The number of carbonyl (C=O) groups excluding carboxylic acids is 11. The summed E-state index contributed by atoms with van der Waals surface area (Å²) in [4.78, 5) is 175. The predicted molar refractivity (Wildman–Crippen MR) is 352 cm³/mol. The first kappa shape index (κ1) is 82.9. The SMILES string of the molecule is CC(C)C[C@H](NC(=O)[C@H](CO)NC(=O)[C@H](CCC(N)=O)NC(=O)[C@@H](NC(=O)CN)C(C)C)C(=O)N[C@@H](CCCCN)C(=O)N[C@@H](CCCN=C(N)N)C(=O)N[C@@H](CCCN=C(N)N)C(=O)N[C@@H](CCCN=C(N)N)C(=O)N[C@@H](CS)C(=O)N[C@@H](Cc1ccccc1)C(=O)O. The second-order valence-electron chi connectivity index (χ2n) is 22.7. The van der Waals surface area contributed by atoms with Gasteiger partial charge in [0.25, 0.3) is 0 Å². The number of aliphatic imine (C=N–C) groups is 3. The Balaban J connectivity index is 3.72. The summed E-state index contributed by atoms with van der Waals surface area (Å²) in [7, 11) is 0. The van der Waals surface area contributed by atoms with Crippen molar-refractivity contribution in [3.63, 3.8) is 0 Å². The van der Waals surface area contributed by atoms with E-state index in [1.807, 2.05) is 0 Å². The number of hydrogen-bond acceptors (Lipinski definition) is 19. The summed E-state index contributed by atoms with van der Waals surface area (Å²) in [6, 6.07) is -6.23. The highest BCUT2D eigenvalue weighted by Crippen LogP contribution is 2.13. The molecule has 0 heterocycles. The van der Waals surface area contributed by atoms with Crippen molar-refractivity contribution in [1.29, 1.82) is 0 Å². The number of carboxylic acid groups (broad SMARTS) is 1. The van der Waals surface area contributed by atoms with Gasteiger partial charge in [-0.15, -0.1) is 0 Å². The Labute approximate surface area is 551 Å². The molecule has 0 unspecified atom stereocenters. The molecule has 0 aromatic heterocycles. The molecule has 1 aromatic rings. The average Bonchev–Trinajstić information content (AvgIpc) is 0.914. The first-order chi connectivity index (χ1) is 44.4. The van der Waals surface area contributed by atoms with Gasteiger partial charge in [0.2, 0.25) is 65.0 Å². The zero-order valence-electron chi connectivity index (χ0n) is 53.7. The highest BCUT2D eigenvalue weighted by atomic mass is 32.1. The number of aliphatic hydroxyl groups excluding tert-OH is 1. The molecule has 0 bridgehead atoms. The first-order valence-corrected chi connectivity index (χ1v) is 31.4. The molecule has 1 aromatic carbocycles. The first-order valence-electron chi connectivity index (χ1n) is 30.7. The number of primary amides is 1. The van der Waals surface area contributed by atoms with Crippen LogP contribution < -0.4 is 105 Å². The lowest BCUT2D eigenvalue weighted by molar-refractivity contribution is -0.142. The summed E-state index contributed by atoms with van der Waals surface area (Å²) in [5.41, 5.74) is 50.5. The second kappa shape index (κ2) is 45.2. The van der Waals surface area contributed by atoms with Crippen molar-refractivity contribution < 1.29 is 67.7 Å². The second-order valence-corrected chi connectivity index (χ2v) is 23.1. The van der Waals surface area contributed by atoms with Crippen molar-refractivity contribution in [2.24, 2.45) is 78.4 Å². The number of nitrogens with two attached hydrogens (primary N) is 9.